The van der Waals surface area contributed by atoms with E-state index in [-0.39, 0.29) is 0 Å². The Morgan fingerprint density at radius 2 is 1.89 bits per heavy atom. The lowest BCUT2D eigenvalue weighted by Gasteiger charge is -2.02. The number of nitrogens with zero attached hydrogens (tertiary/aromatic N) is 2. The third kappa shape index (κ3) is 3.43. The topological polar surface area (TPSA) is 34.9 Å². The summed E-state index contributed by atoms with van der Waals surface area (Å²) in [6.07, 6.45) is -2.14. The maximum Gasteiger partial charge on any atom is 0.454 e. The molecule has 100 valence electrons. The smallest absolute Gasteiger partial charge is 0.284 e. The molecule has 0 saturated carbocycles. The lowest BCUT2D eigenvalue weighted by atomic mass is 10.1. The quantitative estimate of drug-likeness (QED) is 0.799. The van der Waals surface area contributed by atoms with Gasteiger partial charge in [-0.3, -0.25) is 9.48 Å². The maximum absolute atomic E-state index is 12.2. The maximum atomic E-state index is 12.2. The van der Waals surface area contributed by atoms with Crippen LogP contribution >= 0.6 is 0 Å². The molecule has 0 N–H and O–H groups in total. The molecule has 6 heteroatoms. The molecule has 0 radical (unpaired) electrons. The highest BCUT2D eigenvalue weighted by molar-refractivity contribution is 5.99. The zero-order valence-electron chi connectivity index (χ0n) is 9.89. The Hall–Kier alpha value is -2.11. The summed E-state index contributed by atoms with van der Waals surface area (Å²) in [5.41, 5.74) is 0.627. The number of aryl methyl sites for hydroxylation is 2. The van der Waals surface area contributed by atoms with E-state index in [1.807, 2.05) is 30.3 Å². The van der Waals surface area contributed by atoms with Crippen LogP contribution in [0.4, 0.5) is 13.2 Å². The fourth-order valence-electron chi connectivity index (χ4n) is 1.66. The van der Waals surface area contributed by atoms with Crippen molar-refractivity contribution in [2.24, 2.45) is 0 Å². The molecule has 0 aliphatic heterocycles. The van der Waals surface area contributed by atoms with Gasteiger partial charge < -0.3 is 0 Å². The van der Waals surface area contributed by atoms with Crippen LogP contribution in [0.1, 0.15) is 15.9 Å². The molecule has 19 heavy (non-hydrogen) atoms. The van der Waals surface area contributed by atoms with E-state index >= 15 is 0 Å². The van der Waals surface area contributed by atoms with E-state index in [2.05, 4.69) is 5.10 Å². The van der Waals surface area contributed by atoms with Gasteiger partial charge in [0.05, 0.1) is 11.8 Å². The van der Waals surface area contributed by atoms with Gasteiger partial charge >= 0.3 is 6.18 Å². The van der Waals surface area contributed by atoms with Crippen LogP contribution in [0.2, 0.25) is 0 Å². The van der Waals surface area contributed by atoms with E-state index in [0.717, 1.165) is 18.0 Å². The van der Waals surface area contributed by atoms with Crippen molar-refractivity contribution in [2.75, 3.05) is 0 Å². The first-order valence-electron chi connectivity index (χ1n) is 5.65. The Kier molecular flexibility index (Phi) is 3.69. The largest absolute Gasteiger partial charge is 0.454 e. The Balaban J connectivity index is 2.00. The van der Waals surface area contributed by atoms with Crippen molar-refractivity contribution in [3.05, 3.63) is 53.9 Å². The van der Waals surface area contributed by atoms with Crippen molar-refractivity contribution in [1.82, 2.24) is 9.78 Å². The number of rotatable bonds is 4. The summed E-state index contributed by atoms with van der Waals surface area (Å²) in [6.45, 7) is 0.426. The van der Waals surface area contributed by atoms with Gasteiger partial charge in [-0.1, -0.05) is 30.3 Å². The standard InChI is InChI=1S/C13H11F3N2O/c14-13(15,16)12(19)11-8-17-18(9-11)7-6-10-4-2-1-3-5-10/h1-5,8-9H,6-7H2. The molecule has 2 rings (SSSR count). The molecule has 1 heterocycles. The SMILES string of the molecule is O=C(c1cnn(CCc2ccccc2)c1)C(F)(F)F. The number of benzene rings is 1. The summed E-state index contributed by atoms with van der Waals surface area (Å²) in [5.74, 6) is -1.86. The number of ketones is 1. The number of alkyl halides is 3. The second-order valence-corrected chi connectivity index (χ2v) is 4.05. The molecule has 1 aromatic heterocycles. The number of carbonyl (C=O) groups excluding carboxylic acids is 1. The van der Waals surface area contributed by atoms with E-state index in [1.54, 1.807) is 0 Å². The van der Waals surface area contributed by atoms with E-state index in [0.29, 0.717) is 13.0 Å². The second-order valence-electron chi connectivity index (χ2n) is 4.05. The van der Waals surface area contributed by atoms with Gasteiger partial charge in [0.25, 0.3) is 5.78 Å². The van der Waals surface area contributed by atoms with Gasteiger partial charge in [0.2, 0.25) is 0 Å². The highest BCUT2D eigenvalue weighted by Gasteiger charge is 2.39. The molecule has 0 spiro atoms. The van der Waals surface area contributed by atoms with Gasteiger partial charge in [0.1, 0.15) is 0 Å². The average Bonchev–Trinajstić information content (AvgIpc) is 2.84. The van der Waals surface area contributed by atoms with E-state index in [1.165, 1.54) is 4.68 Å². The summed E-state index contributed by atoms with van der Waals surface area (Å²) in [6, 6.07) is 9.50. The molecule has 0 fully saturated rings. The van der Waals surface area contributed by atoms with Gasteiger partial charge in [-0.15, -0.1) is 0 Å². The normalized spacial score (nSPS) is 11.5. The minimum atomic E-state index is -4.85. The van der Waals surface area contributed by atoms with Crippen LogP contribution < -0.4 is 0 Å². The van der Waals surface area contributed by atoms with Crippen LogP contribution in [0.15, 0.2) is 42.7 Å². The van der Waals surface area contributed by atoms with Crippen molar-refractivity contribution < 1.29 is 18.0 Å². The Labute approximate surface area is 107 Å². The first kappa shape index (κ1) is 13.3. The number of carbonyl (C=O) groups is 1. The lowest BCUT2D eigenvalue weighted by Crippen LogP contribution is -2.22. The minimum absolute atomic E-state index is 0.426. The van der Waals surface area contributed by atoms with E-state index < -0.39 is 17.5 Å². The number of halogens is 3. The fourth-order valence-corrected chi connectivity index (χ4v) is 1.66. The van der Waals surface area contributed by atoms with Crippen LogP contribution in [0, 0.1) is 0 Å². The van der Waals surface area contributed by atoms with Gasteiger partial charge in [0, 0.05) is 12.7 Å². The van der Waals surface area contributed by atoms with E-state index in [9.17, 15) is 18.0 Å². The molecular weight excluding hydrogens is 257 g/mol. The number of hydrogen-bond acceptors (Lipinski definition) is 2. The lowest BCUT2D eigenvalue weighted by molar-refractivity contribution is -0.0885. The Bertz CT molecular complexity index is 561. The zero-order valence-corrected chi connectivity index (χ0v) is 9.89. The zero-order chi connectivity index (χ0) is 13.9. The highest BCUT2D eigenvalue weighted by Crippen LogP contribution is 2.20. The van der Waals surface area contributed by atoms with Crippen molar-refractivity contribution in [1.29, 1.82) is 0 Å². The number of aromatic nitrogens is 2. The summed E-state index contributed by atoms with van der Waals surface area (Å²) in [7, 11) is 0. The molecular formula is C13H11F3N2O. The van der Waals surface area contributed by atoms with Crippen LogP contribution in [-0.2, 0) is 13.0 Å². The Morgan fingerprint density at radius 3 is 2.53 bits per heavy atom. The van der Waals surface area contributed by atoms with Gasteiger partial charge in [-0.2, -0.15) is 18.3 Å². The van der Waals surface area contributed by atoms with Crippen molar-refractivity contribution in [2.45, 2.75) is 19.1 Å². The summed E-state index contributed by atoms with van der Waals surface area (Å²) >= 11 is 0. The van der Waals surface area contributed by atoms with Crippen LogP contribution in [0.5, 0.6) is 0 Å². The van der Waals surface area contributed by atoms with Crippen molar-refractivity contribution >= 4 is 5.78 Å². The molecule has 0 atom stereocenters. The van der Waals surface area contributed by atoms with Crippen LogP contribution in [0.3, 0.4) is 0 Å². The molecule has 0 aliphatic carbocycles. The summed E-state index contributed by atoms with van der Waals surface area (Å²) < 4.78 is 38.0. The monoisotopic (exact) mass is 268 g/mol. The predicted molar refractivity (Wildman–Crippen MR) is 62.8 cm³/mol. The van der Waals surface area contributed by atoms with Gasteiger partial charge in [0.15, 0.2) is 0 Å². The molecule has 1 aromatic carbocycles. The third-order valence-corrected chi connectivity index (χ3v) is 2.63. The first-order valence-corrected chi connectivity index (χ1v) is 5.65. The van der Waals surface area contributed by atoms with Gasteiger partial charge in [-0.05, 0) is 12.0 Å². The fraction of sp³-hybridized carbons (Fsp3) is 0.231. The van der Waals surface area contributed by atoms with E-state index in [4.69, 9.17) is 0 Å². The first-order chi connectivity index (χ1) is 8.97. The Morgan fingerprint density at radius 1 is 1.21 bits per heavy atom. The minimum Gasteiger partial charge on any atom is -0.284 e. The van der Waals surface area contributed by atoms with Crippen molar-refractivity contribution in [3.8, 4) is 0 Å². The molecule has 0 unspecified atom stereocenters. The van der Waals surface area contributed by atoms with Crippen molar-refractivity contribution in [3.63, 3.8) is 0 Å². The number of Topliss-reactive ketones (excluding diaryl/α,β-unsaturated/α-hetero) is 1. The molecule has 0 amide bonds. The van der Waals surface area contributed by atoms with Crippen LogP contribution in [-0.4, -0.2) is 21.7 Å². The summed E-state index contributed by atoms with van der Waals surface area (Å²) in [4.78, 5) is 11.0. The van der Waals surface area contributed by atoms with Gasteiger partial charge in [-0.25, -0.2) is 0 Å². The molecule has 0 saturated heterocycles. The third-order valence-electron chi connectivity index (χ3n) is 2.63. The predicted octanol–water partition coefficient (Wildman–Crippen LogP) is 2.87. The molecule has 2 aromatic rings. The van der Waals surface area contributed by atoms with Crippen LogP contribution in [0.25, 0.3) is 0 Å². The average molecular weight is 268 g/mol. The second kappa shape index (κ2) is 5.26. The molecule has 3 nitrogen and oxygen atoms in total. The molecule has 0 bridgehead atoms. The molecule has 0 aliphatic rings. The number of hydrogen-bond donors (Lipinski definition) is 0. The highest BCUT2D eigenvalue weighted by atomic mass is 19.4. The summed E-state index contributed by atoms with van der Waals surface area (Å²) in [5, 5.41) is 3.76.